The average Bonchev–Trinajstić information content (AvgIpc) is 3.33. The molecule has 4 aromatic rings. The molecule has 0 saturated heterocycles. The van der Waals surface area contributed by atoms with E-state index >= 15 is 0 Å². The zero-order valence-electron chi connectivity index (χ0n) is 15.2. The van der Waals surface area contributed by atoms with Crippen molar-refractivity contribution in [1.29, 1.82) is 0 Å². The molecule has 0 unspecified atom stereocenters. The van der Waals surface area contributed by atoms with Crippen molar-refractivity contribution >= 4 is 33.8 Å². The van der Waals surface area contributed by atoms with Gasteiger partial charge in [-0.05, 0) is 36.8 Å². The predicted molar refractivity (Wildman–Crippen MR) is 107 cm³/mol. The summed E-state index contributed by atoms with van der Waals surface area (Å²) in [5.74, 6) is -0.703. The van der Waals surface area contributed by atoms with Crippen LogP contribution in [0.2, 0.25) is 0 Å². The second-order valence-electron chi connectivity index (χ2n) is 6.30. The summed E-state index contributed by atoms with van der Waals surface area (Å²) >= 11 is 1.43. The Morgan fingerprint density at radius 3 is 2.89 bits per heavy atom. The van der Waals surface area contributed by atoms with E-state index in [-0.39, 0.29) is 11.7 Å². The topological polar surface area (TPSA) is 79.9 Å². The third kappa shape index (κ3) is 3.51. The molecule has 1 amide bonds. The molecule has 0 saturated carbocycles. The van der Waals surface area contributed by atoms with Gasteiger partial charge in [0.1, 0.15) is 21.5 Å². The number of nitrogens with one attached hydrogen (secondary N) is 2. The maximum atomic E-state index is 14.0. The summed E-state index contributed by atoms with van der Waals surface area (Å²) in [5.41, 5.74) is 3.25. The molecule has 0 fully saturated rings. The van der Waals surface area contributed by atoms with E-state index in [1.807, 2.05) is 25.1 Å². The highest BCUT2D eigenvalue weighted by Gasteiger charge is 2.14. The van der Waals surface area contributed by atoms with Crippen molar-refractivity contribution in [2.24, 2.45) is 0 Å². The van der Waals surface area contributed by atoms with Crippen LogP contribution in [0.1, 0.15) is 21.1 Å². The van der Waals surface area contributed by atoms with Gasteiger partial charge in [-0.3, -0.25) is 4.79 Å². The van der Waals surface area contributed by atoms with Crippen molar-refractivity contribution in [2.75, 3.05) is 12.4 Å². The first-order valence-corrected chi connectivity index (χ1v) is 9.37. The smallest absolute Gasteiger partial charge is 0.272 e. The number of hydrogen-bond acceptors (Lipinski definition) is 5. The number of benzene rings is 2. The highest BCUT2D eigenvalue weighted by atomic mass is 32.1. The normalized spacial score (nSPS) is 11.1. The number of carbonyl (C=O) groups excluding carboxylic acids is 1. The molecular formula is C20H17FN4O2S. The molecule has 0 aliphatic heterocycles. The van der Waals surface area contributed by atoms with Crippen LogP contribution in [-0.2, 0) is 11.3 Å². The van der Waals surface area contributed by atoms with Crippen LogP contribution in [0.3, 0.4) is 0 Å². The largest absolute Gasteiger partial charge is 0.377 e. The number of nitrogens with zero attached hydrogens (tertiary/aromatic N) is 2. The monoisotopic (exact) mass is 396 g/mol. The second kappa shape index (κ2) is 7.49. The molecule has 0 atom stereocenters. The quantitative estimate of drug-likeness (QED) is 0.519. The first-order chi connectivity index (χ1) is 13.5. The molecule has 0 spiro atoms. The Morgan fingerprint density at radius 1 is 1.25 bits per heavy atom. The molecule has 28 heavy (non-hydrogen) atoms. The van der Waals surface area contributed by atoms with Crippen LogP contribution >= 0.6 is 11.3 Å². The fourth-order valence-electron chi connectivity index (χ4n) is 2.93. The van der Waals surface area contributed by atoms with Crippen LogP contribution in [0, 0.1) is 12.7 Å². The number of fused-ring (bicyclic) bond motifs is 1. The lowest BCUT2D eigenvalue weighted by atomic mass is 10.1. The molecule has 0 aliphatic carbocycles. The Kier molecular flexibility index (Phi) is 4.89. The van der Waals surface area contributed by atoms with Gasteiger partial charge < -0.3 is 15.0 Å². The Morgan fingerprint density at radius 2 is 2.11 bits per heavy atom. The summed E-state index contributed by atoms with van der Waals surface area (Å²) in [7, 11) is 1.61. The molecule has 6 nitrogen and oxygen atoms in total. The van der Waals surface area contributed by atoms with E-state index in [1.54, 1.807) is 19.2 Å². The van der Waals surface area contributed by atoms with E-state index in [0.29, 0.717) is 28.9 Å². The molecule has 2 heterocycles. The molecule has 0 aliphatic rings. The van der Waals surface area contributed by atoms with Gasteiger partial charge in [-0.1, -0.05) is 29.5 Å². The molecule has 0 bridgehead atoms. The van der Waals surface area contributed by atoms with Crippen LogP contribution in [0.25, 0.3) is 21.5 Å². The molecular weight excluding hydrogens is 379 g/mol. The molecule has 142 valence electrons. The second-order valence-corrected chi connectivity index (χ2v) is 7.37. The number of carbonyl (C=O) groups is 1. The Hall–Kier alpha value is -3.10. The average molecular weight is 396 g/mol. The van der Waals surface area contributed by atoms with E-state index in [4.69, 9.17) is 4.74 Å². The standard InChI is InChI=1S/C20H17FN4O2S/c1-11-6-7-15(21)14-9-16(23-18(11)14)19(26)22-13-5-3-4-12(8-13)20-25-24-17(28-20)10-27-2/h3-9,23H,10H2,1-2H3,(H,22,26). The van der Waals surface area contributed by atoms with Gasteiger partial charge in [0.2, 0.25) is 0 Å². The van der Waals surface area contributed by atoms with Gasteiger partial charge in [0.25, 0.3) is 5.91 Å². The number of aromatic nitrogens is 3. The van der Waals surface area contributed by atoms with Gasteiger partial charge in [-0.2, -0.15) is 0 Å². The Bertz CT molecular complexity index is 1130. The predicted octanol–water partition coefficient (Wildman–Crippen LogP) is 4.53. The van der Waals surface area contributed by atoms with Gasteiger partial charge in [-0.25, -0.2) is 4.39 Å². The molecule has 2 N–H and O–H groups in total. The summed E-state index contributed by atoms with van der Waals surface area (Å²) in [6.07, 6.45) is 0. The van der Waals surface area contributed by atoms with Gasteiger partial charge in [0, 0.05) is 23.7 Å². The molecule has 0 radical (unpaired) electrons. The van der Waals surface area contributed by atoms with E-state index in [2.05, 4.69) is 20.5 Å². The summed E-state index contributed by atoms with van der Waals surface area (Å²) in [6, 6.07) is 11.9. The fraction of sp³-hybridized carbons (Fsp3) is 0.150. The summed E-state index contributed by atoms with van der Waals surface area (Å²) in [6.45, 7) is 2.27. The van der Waals surface area contributed by atoms with Gasteiger partial charge in [0.05, 0.1) is 12.1 Å². The zero-order valence-corrected chi connectivity index (χ0v) is 16.1. The lowest BCUT2D eigenvalue weighted by Gasteiger charge is -2.05. The van der Waals surface area contributed by atoms with Crippen molar-refractivity contribution in [2.45, 2.75) is 13.5 Å². The number of hydrogen-bond donors (Lipinski definition) is 2. The minimum atomic E-state index is -0.360. The van der Waals surface area contributed by atoms with Gasteiger partial charge in [0.15, 0.2) is 0 Å². The van der Waals surface area contributed by atoms with Crippen molar-refractivity contribution in [1.82, 2.24) is 15.2 Å². The van der Waals surface area contributed by atoms with Crippen LogP contribution < -0.4 is 5.32 Å². The molecule has 4 rings (SSSR count). The maximum absolute atomic E-state index is 14.0. The van der Waals surface area contributed by atoms with Crippen LogP contribution in [0.5, 0.6) is 0 Å². The maximum Gasteiger partial charge on any atom is 0.272 e. The molecule has 2 aromatic heterocycles. The van der Waals surface area contributed by atoms with Crippen molar-refractivity contribution in [3.8, 4) is 10.6 Å². The van der Waals surface area contributed by atoms with Crippen molar-refractivity contribution in [3.05, 3.63) is 64.5 Å². The third-order valence-corrected chi connectivity index (χ3v) is 5.24. The van der Waals surface area contributed by atoms with Crippen LogP contribution in [0.4, 0.5) is 10.1 Å². The lowest BCUT2D eigenvalue weighted by Crippen LogP contribution is -2.12. The Balaban J connectivity index is 1.58. The van der Waals surface area contributed by atoms with E-state index in [9.17, 15) is 9.18 Å². The molecule has 8 heteroatoms. The van der Waals surface area contributed by atoms with E-state index < -0.39 is 0 Å². The van der Waals surface area contributed by atoms with Crippen LogP contribution in [0.15, 0.2) is 42.5 Å². The first-order valence-electron chi connectivity index (χ1n) is 8.56. The number of H-pyrrole nitrogens is 1. The number of amides is 1. The summed E-state index contributed by atoms with van der Waals surface area (Å²) < 4.78 is 19.1. The highest BCUT2D eigenvalue weighted by molar-refractivity contribution is 7.14. The number of anilines is 1. The zero-order chi connectivity index (χ0) is 19.7. The first kappa shape index (κ1) is 18.3. The number of methoxy groups -OCH3 is 1. The van der Waals surface area contributed by atoms with Crippen LogP contribution in [-0.4, -0.2) is 28.2 Å². The number of aromatic amines is 1. The van der Waals surface area contributed by atoms with Gasteiger partial charge in [-0.15, -0.1) is 10.2 Å². The number of rotatable bonds is 5. The summed E-state index contributed by atoms with van der Waals surface area (Å²) in [4.78, 5) is 15.6. The lowest BCUT2D eigenvalue weighted by molar-refractivity contribution is 0.102. The van der Waals surface area contributed by atoms with Crippen molar-refractivity contribution in [3.63, 3.8) is 0 Å². The van der Waals surface area contributed by atoms with E-state index in [1.165, 1.54) is 23.5 Å². The minimum Gasteiger partial charge on any atom is -0.377 e. The molecule has 2 aromatic carbocycles. The fourth-order valence-corrected chi connectivity index (χ4v) is 3.74. The van der Waals surface area contributed by atoms with Crippen molar-refractivity contribution < 1.29 is 13.9 Å². The van der Waals surface area contributed by atoms with Gasteiger partial charge >= 0.3 is 0 Å². The number of ether oxygens (including phenoxy) is 1. The third-order valence-electron chi connectivity index (χ3n) is 4.30. The Labute approximate surface area is 164 Å². The number of halogens is 1. The minimum absolute atomic E-state index is 0.298. The summed E-state index contributed by atoms with van der Waals surface area (Å²) in [5, 5.41) is 13.0. The number of aryl methyl sites for hydroxylation is 1. The van der Waals surface area contributed by atoms with E-state index in [0.717, 1.165) is 21.1 Å². The SMILES string of the molecule is COCc1nnc(-c2cccc(NC(=O)c3cc4c(F)ccc(C)c4[nH]3)c2)s1. The highest BCUT2D eigenvalue weighted by Crippen LogP contribution is 2.27.